The van der Waals surface area contributed by atoms with Gasteiger partial charge in [-0.2, -0.15) is 15.8 Å². The Labute approximate surface area is 145 Å². The Morgan fingerprint density at radius 2 is 1.44 bits per heavy atom. The zero-order valence-corrected chi connectivity index (χ0v) is 13.1. The highest BCUT2D eigenvalue weighted by Gasteiger charge is 2.49. The number of benzene rings is 2. The predicted octanol–water partition coefficient (Wildman–Crippen LogP) is 3.39. The van der Waals surface area contributed by atoms with Crippen molar-refractivity contribution in [3.05, 3.63) is 77.4 Å². The molecule has 25 heavy (non-hydrogen) atoms. The minimum Gasteiger partial charge on any atom is -0.293 e. The van der Waals surface area contributed by atoms with Crippen molar-refractivity contribution in [2.75, 3.05) is 0 Å². The summed E-state index contributed by atoms with van der Waals surface area (Å²) in [4.78, 5) is 13.1. The van der Waals surface area contributed by atoms with E-state index in [1.54, 1.807) is 78.9 Å². The number of allylic oxidation sites excluding steroid dienone is 1. The summed E-state index contributed by atoms with van der Waals surface area (Å²) in [6, 6.07) is 21.9. The molecule has 118 valence electrons. The van der Waals surface area contributed by atoms with Crippen LogP contribution in [0.2, 0.25) is 0 Å². The Hall–Kier alpha value is -3.97. The number of Topliss-reactive ketones (excluding diaryl/α,β-unsaturated/α-hetero) is 1. The van der Waals surface area contributed by atoms with Crippen LogP contribution >= 0.6 is 0 Å². The van der Waals surface area contributed by atoms with E-state index in [0.29, 0.717) is 11.1 Å². The van der Waals surface area contributed by atoms with E-state index in [4.69, 9.17) is 5.41 Å². The summed E-state index contributed by atoms with van der Waals surface area (Å²) in [5.41, 5.74) is -1.89. The lowest BCUT2D eigenvalue weighted by Gasteiger charge is -2.27. The molecule has 1 unspecified atom stereocenters. The first kappa shape index (κ1) is 17.4. The molecule has 2 aromatic rings. The van der Waals surface area contributed by atoms with Crippen molar-refractivity contribution in [1.29, 1.82) is 21.2 Å². The first-order chi connectivity index (χ1) is 12.1. The maximum absolute atomic E-state index is 13.1. The van der Waals surface area contributed by atoms with Crippen LogP contribution in [0.25, 0.3) is 0 Å². The number of hydrogen-bond donors (Lipinski definition) is 1. The molecule has 0 saturated heterocycles. The second-order valence-electron chi connectivity index (χ2n) is 5.22. The number of nitrogens with zero attached hydrogens (tertiary/aromatic N) is 3. The van der Waals surface area contributed by atoms with E-state index in [1.165, 1.54) is 0 Å². The van der Waals surface area contributed by atoms with Gasteiger partial charge in [0.1, 0.15) is 11.6 Å². The highest BCUT2D eigenvalue weighted by atomic mass is 16.1. The minimum atomic E-state index is -2.13. The van der Waals surface area contributed by atoms with Gasteiger partial charge in [-0.3, -0.25) is 10.2 Å². The van der Waals surface area contributed by atoms with Crippen molar-refractivity contribution < 1.29 is 4.79 Å². The Balaban J connectivity index is 2.78. The van der Waals surface area contributed by atoms with Gasteiger partial charge in [0.05, 0.1) is 18.1 Å². The second kappa shape index (κ2) is 7.53. The monoisotopic (exact) mass is 324 g/mol. The highest BCUT2D eigenvalue weighted by Crippen LogP contribution is 2.42. The number of carbonyl (C=O) groups excluding carboxylic acids is 1. The molecule has 2 rings (SSSR count). The molecule has 0 bridgehead atoms. The van der Waals surface area contributed by atoms with E-state index in [2.05, 4.69) is 0 Å². The summed E-state index contributed by atoms with van der Waals surface area (Å²) in [5, 5.41) is 36.0. The Morgan fingerprint density at radius 3 is 1.88 bits per heavy atom. The molecule has 0 saturated carbocycles. The van der Waals surface area contributed by atoms with E-state index in [-0.39, 0.29) is 0 Å². The van der Waals surface area contributed by atoms with Gasteiger partial charge in [-0.1, -0.05) is 60.7 Å². The SMILES string of the molecule is N#CC(=C=N)C(C#N)(C#N)C(C(=O)c1ccccc1)c1ccccc1. The van der Waals surface area contributed by atoms with Crippen LogP contribution in [0.1, 0.15) is 21.8 Å². The number of nitriles is 3. The van der Waals surface area contributed by atoms with Crippen LogP contribution in [0.3, 0.4) is 0 Å². The summed E-state index contributed by atoms with van der Waals surface area (Å²) >= 11 is 0. The van der Waals surface area contributed by atoms with Gasteiger partial charge in [-0.15, -0.1) is 0 Å². The van der Waals surface area contributed by atoms with E-state index in [1.807, 2.05) is 5.87 Å². The smallest absolute Gasteiger partial charge is 0.201 e. The van der Waals surface area contributed by atoms with Crippen molar-refractivity contribution in [3.63, 3.8) is 0 Å². The normalized spacial score (nSPS) is 11.1. The van der Waals surface area contributed by atoms with E-state index < -0.39 is 22.7 Å². The molecule has 1 N–H and O–H groups in total. The molecule has 0 aliphatic rings. The molecule has 1 atom stereocenters. The van der Waals surface area contributed by atoms with E-state index >= 15 is 0 Å². The largest absolute Gasteiger partial charge is 0.293 e. The average Bonchev–Trinajstić information content (AvgIpc) is 2.69. The van der Waals surface area contributed by atoms with Gasteiger partial charge < -0.3 is 0 Å². The first-order valence-electron chi connectivity index (χ1n) is 7.31. The molecule has 0 heterocycles. The summed E-state index contributed by atoms with van der Waals surface area (Å²) in [5.74, 6) is 0.134. The Kier molecular flexibility index (Phi) is 5.24. The van der Waals surface area contributed by atoms with E-state index in [0.717, 1.165) is 0 Å². The fourth-order valence-electron chi connectivity index (χ4n) is 2.64. The van der Waals surface area contributed by atoms with Crippen LogP contribution < -0.4 is 0 Å². The molecule has 2 aromatic carbocycles. The first-order valence-corrected chi connectivity index (χ1v) is 7.31. The van der Waals surface area contributed by atoms with Gasteiger partial charge >= 0.3 is 0 Å². The lowest BCUT2D eigenvalue weighted by Crippen LogP contribution is -2.34. The quantitative estimate of drug-likeness (QED) is 0.516. The third kappa shape index (κ3) is 3.07. The summed E-state index contributed by atoms with van der Waals surface area (Å²) in [6.07, 6.45) is 0. The Morgan fingerprint density at radius 1 is 0.920 bits per heavy atom. The standard InChI is InChI=1S/C20H12N4O/c21-11-17(12-22)20(13-23,14-24)18(15-7-3-1-4-8-15)19(25)16-9-5-2-6-10-16/h1-10,18,21H. The topological polar surface area (TPSA) is 112 Å². The number of nitrogens with one attached hydrogen (secondary N) is 1. The van der Waals surface area contributed by atoms with Crippen molar-refractivity contribution in [3.8, 4) is 18.2 Å². The minimum absolute atomic E-state index is 0.313. The molecule has 5 nitrogen and oxygen atoms in total. The second-order valence-corrected chi connectivity index (χ2v) is 5.22. The molecule has 5 heteroatoms. The molecular formula is C20H12N4O. The van der Waals surface area contributed by atoms with Crippen molar-refractivity contribution in [2.24, 2.45) is 5.41 Å². The van der Waals surface area contributed by atoms with Gasteiger partial charge in [0, 0.05) is 5.56 Å². The molecule has 0 aliphatic heterocycles. The van der Waals surface area contributed by atoms with Gasteiger partial charge in [0.2, 0.25) is 5.41 Å². The molecule has 0 radical (unpaired) electrons. The van der Waals surface area contributed by atoms with Crippen LogP contribution in [-0.2, 0) is 0 Å². The number of ketones is 1. The molecule has 0 spiro atoms. The van der Waals surface area contributed by atoms with Gasteiger partial charge in [-0.05, 0) is 11.4 Å². The van der Waals surface area contributed by atoms with Crippen LogP contribution in [0.4, 0.5) is 0 Å². The van der Waals surface area contributed by atoms with Crippen molar-refractivity contribution >= 4 is 11.7 Å². The van der Waals surface area contributed by atoms with Gasteiger partial charge in [0.25, 0.3) is 0 Å². The average molecular weight is 324 g/mol. The summed E-state index contributed by atoms with van der Waals surface area (Å²) in [7, 11) is 0. The highest BCUT2D eigenvalue weighted by molar-refractivity contribution is 6.03. The number of hydrogen-bond acceptors (Lipinski definition) is 5. The summed E-state index contributed by atoms with van der Waals surface area (Å²) in [6.45, 7) is 0. The Bertz CT molecular complexity index is 939. The molecule has 0 fully saturated rings. The zero-order valence-electron chi connectivity index (χ0n) is 13.1. The molecular weight excluding hydrogens is 312 g/mol. The van der Waals surface area contributed by atoms with Gasteiger partial charge in [-0.25, -0.2) is 0 Å². The van der Waals surface area contributed by atoms with Crippen molar-refractivity contribution in [2.45, 2.75) is 5.92 Å². The number of rotatable bonds is 5. The fourth-order valence-corrected chi connectivity index (χ4v) is 2.64. The predicted molar refractivity (Wildman–Crippen MR) is 90.5 cm³/mol. The maximum Gasteiger partial charge on any atom is 0.201 e. The van der Waals surface area contributed by atoms with Crippen LogP contribution in [-0.4, -0.2) is 11.7 Å². The fraction of sp³-hybridized carbons (Fsp3) is 0.100. The third-order valence-electron chi connectivity index (χ3n) is 3.87. The van der Waals surface area contributed by atoms with Gasteiger partial charge in [0.15, 0.2) is 5.78 Å². The maximum atomic E-state index is 13.1. The van der Waals surface area contributed by atoms with E-state index in [9.17, 15) is 20.6 Å². The van der Waals surface area contributed by atoms with Crippen molar-refractivity contribution in [1.82, 2.24) is 0 Å². The molecule has 0 aromatic heterocycles. The molecule has 0 amide bonds. The number of carbonyl (C=O) groups is 1. The van der Waals surface area contributed by atoms with Crippen LogP contribution in [0.5, 0.6) is 0 Å². The lowest BCUT2D eigenvalue weighted by molar-refractivity contribution is 0.0934. The zero-order chi connectivity index (χ0) is 18.3. The molecule has 0 aliphatic carbocycles. The van der Waals surface area contributed by atoms with Crippen LogP contribution in [0.15, 0.2) is 66.2 Å². The third-order valence-corrected chi connectivity index (χ3v) is 3.87. The van der Waals surface area contributed by atoms with Crippen LogP contribution in [0, 0.1) is 44.8 Å². The summed E-state index contributed by atoms with van der Waals surface area (Å²) < 4.78 is 0. The lowest BCUT2D eigenvalue weighted by atomic mass is 9.67.